The Balaban J connectivity index is 4.02. The molecule has 0 saturated carbocycles. The zero-order valence-corrected chi connectivity index (χ0v) is 11.2. The third kappa shape index (κ3) is 10.0. The van der Waals surface area contributed by atoms with E-state index in [1.54, 1.807) is 0 Å². The molecule has 0 fully saturated rings. The molecule has 6 heteroatoms. The van der Waals surface area contributed by atoms with Gasteiger partial charge in [-0.05, 0) is 19.3 Å². The third-order valence-electron chi connectivity index (χ3n) is 2.00. The van der Waals surface area contributed by atoms with Crippen molar-refractivity contribution in [2.45, 2.75) is 52.7 Å². The van der Waals surface area contributed by atoms with Gasteiger partial charge in [-0.25, -0.2) is 0 Å². The smallest absolute Gasteiger partial charge is 0.294 e. The highest BCUT2D eigenvalue weighted by Crippen LogP contribution is 2.22. The number of hydrogen-bond acceptors (Lipinski definition) is 5. The molecule has 1 N–H and O–H groups in total. The van der Waals surface area contributed by atoms with Crippen molar-refractivity contribution >= 4 is 0 Å². The van der Waals surface area contributed by atoms with Gasteiger partial charge in [-0.2, -0.15) is 0 Å². The van der Waals surface area contributed by atoms with Gasteiger partial charge in [-0.15, -0.1) is 10.1 Å². The fourth-order valence-electron chi connectivity index (χ4n) is 1.24. The highest BCUT2D eigenvalue weighted by molar-refractivity contribution is 4.75. The van der Waals surface area contributed by atoms with E-state index in [1.165, 1.54) is 0 Å². The summed E-state index contributed by atoms with van der Waals surface area (Å²) >= 11 is 0. The Morgan fingerprint density at radius 1 is 1.29 bits per heavy atom. The van der Waals surface area contributed by atoms with Crippen molar-refractivity contribution in [3.8, 4) is 0 Å². The predicted molar refractivity (Wildman–Crippen MR) is 63.1 cm³/mol. The molecule has 0 spiro atoms. The van der Waals surface area contributed by atoms with Gasteiger partial charge in [-0.3, -0.25) is 0 Å². The molecule has 1 unspecified atom stereocenters. The lowest BCUT2D eigenvalue weighted by Gasteiger charge is -2.31. The monoisotopic (exact) mass is 249 g/mol. The summed E-state index contributed by atoms with van der Waals surface area (Å²) in [6.07, 6.45) is -0.618. The third-order valence-corrected chi connectivity index (χ3v) is 2.00. The van der Waals surface area contributed by atoms with Crippen molar-refractivity contribution < 1.29 is 19.8 Å². The van der Waals surface area contributed by atoms with Crippen LogP contribution in [0.3, 0.4) is 0 Å². The van der Waals surface area contributed by atoms with Crippen LogP contribution in [0.1, 0.15) is 41.0 Å². The largest absolute Gasteiger partial charge is 0.391 e. The summed E-state index contributed by atoms with van der Waals surface area (Å²) in [5.41, 5.74) is -0.494. The fraction of sp³-hybridized carbons (Fsp3) is 1.00. The van der Waals surface area contributed by atoms with Crippen LogP contribution in [0.4, 0.5) is 0 Å². The summed E-state index contributed by atoms with van der Waals surface area (Å²) in [5.74, 6) is 0. The fourth-order valence-corrected chi connectivity index (χ4v) is 1.24. The zero-order chi connectivity index (χ0) is 13.7. The Hall–Kier alpha value is -0.880. The molecule has 0 aliphatic carbocycles. The van der Waals surface area contributed by atoms with Crippen LogP contribution in [0, 0.1) is 15.5 Å². The maximum Gasteiger partial charge on any atom is 0.294 e. The quantitative estimate of drug-likeness (QED) is 0.549. The van der Waals surface area contributed by atoms with Gasteiger partial charge in [0.05, 0.1) is 18.3 Å². The van der Waals surface area contributed by atoms with E-state index in [2.05, 4.69) is 25.6 Å². The van der Waals surface area contributed by atoms with Crippen LogP contribution in [0.25, 0.3) is 0 Å². The standard InChI is InChI=1S/C11H23NO5/c1-10(2,3)8-16-11(4,5)6-9(13)7-17-12(14)15/h9,13H,6-8H2,1-5H3. The topological polar surface area (TPSA) is 81.8 Å². The second kappa shape index (κ2) is 6.16. The maximum atomic E-state index is 9.97. The van der Waals surface area contributed by atoms with E-state index in [9.17, 15) is 15.2 Å². The molecule has 0 radical (unpaired) electrons. The van der Waals surface area contributed by atoms with E-state index >= 15 is 0 Å². The lowest BCUT2D eigenvalue weighted by atomic mass is 9.96. The molecule has 0 aliphatic heterocycles. The second-order valence-corrected chi connectivity index (χ2v) is 5.99. The van der Waals surface area contributed by atoms with Crippen molar-refractivity contribution in [1.82, 2.24) is 0 Å². The number of hydrogen-bond donors (Lipinski definition) is 1. The van der Waals surface area contributed by atoms with Crippen molar-refractivity contribution in [3.63, 3.8) is 0 Å². The van der Waals surface area contributed by atoms with E-state index in [0.717, 1.165) is 0 Å². The van der Waals surface area contributed by atoms with Gasteiger partial charge < -0.3 is 14.7 Å². The number of nitrogens with zero attached hydrogens (tertiary/aromatic N) is 1. The molecule has 0 heterocycles. The van der Waals surface area contributed by atoms with Crippen LogP contribution in [0.5, 0.6) is 0 Å². The molecule has 0 amide bonds. The first-order chi connectivity index (χ1) is 7.52. The minimum absolute atomic E-state index is 0.0412. The Morgan fingerprint density at radius 2 is 1.82 bits per heavy atom. The predicted octanol–water partition coefficient (Wildman–Crippen LogP) is 1.79. The van der Waals surface area contributed by atoms with E-state index in [0.29, 0.717) is 6.61 Å². The van der Waals surface area contributed by atoms with Gasteiger partial charge >= 0.3 is 0 Å². The second-order valence-electron chi connectivity index (χ2n) is 5.99. The molecule has 17 heavy (non-hydrogen) atoms. The maximum absolute atomic E-state index is 9.97. The van der Waals surface area contributed by atoms with Gasteiger partial charge in [0.1, 0.15) is 6.61 Å². The minimum Gasteiger partial charge on any atom is -0.391 e. The van der Waals surface area contributed by atoms with Crippen LogP contribution in [-0.4, -0.2) is 35.1 Å². The summed E-state index contributed by atoms with van der Waals surface area (Å²) in [5, 5.41) is 18.6. The van der Waals surface area contributed by atoms with Crippen molar-refractivity contribution in [2.75, 3.05) is 13.2 Å². The first-order valence-electron chi connectivity index (χ1n) is 5.61. The van der Waals surface area contributed by atoms with Gasteiger partial charge in [0.15, 0.2) is 0 Å². The van der Waals surface area contributed by atoms with Crippen LogP contribution >= 0.6 is 0 Å². The molecular weight excluding hydrogens is 226 g/mol. The number of aliphatic hydroxyl groups excluding tert-OH is 1. The molecule has 0 rings (SSSR count). The minimum atomic E-state index is -0.910. The number of aliphatic hydroxyl groups is 1. The molecule has 0 aromatic carbocycles. The highest BCUT2D eigenvalue weighted by atomic mass is 17.0. The first-order valence-corrected chi connectivity index (χ1v) is 5.61. The Morgan fingerprint density at radius 3 is 2.24 bits per heavy atom. The lowest BCUT2D eigenvalue weighted by Crippen LogP contribution is -2.35. The SMILES string of the molecule is CC(C)(C)COC(C)(C)CC(O)CO[N+](=O)[O-]. The molecule has 6 nitrogen and oxygen atoms in total. The van der Waals surface area contributed by atoms with Gasteiger partial charge in [-0.1, -0.05) is 20.8 Å². The molecule has 0 bridgehead atoms. The average molecular weight is 249 g/mol. The number of ether oxygens (including phenoxy) is 1. The Bertz CT molecular complexity index is 247. The summed E-state index contributed by atoms with van der Waals surface area (Å²) in [7, 11) is 0. The molecule has 0 aromatic heterocycles. The van der Waals surface area contributed by atoms with Crippen LogP contribution < -0.4 is 0 Å². The summed E-state index contributed by atoms with van der Waals surface area (Å²) in [4.78, 5) is 14.1. The van der Waals surface area contributed by atoms with E-state index < -0.39 is 16.8 Å². The van der Waals surface area contributed by atoms with Crippen molar-refractivity contribution in [2.24, 2.45) is 5.41 Å². The van der Waals surface area contributed by atoms with Crippen molar-refractivity contribution in [1.29, 1.82) is 0 Å². The highest BCUT2D eigenvalue weighted by Gasteiger charge is 2.25. The van der Waals surface area contributed by atoms with Crippen LogP contribution in [-0.2, 0) is 9.57 Å². The van der Waals surface area contributed by atoms with Gasteiger partial charge in [0, 0.05) is 6.42 Å². The number of rotatable bonds is 7. The van der Waals surface area contributed by atoms with Crippen molar-refractivity contribution in [3.05, 3.63) is 10.1 Å². The van der Waals surface area contributed by atoms with Crippen LogP contribution in [0.2, 0.25) is 0 Å². The van der Waals surface area contributed by atoms with Gasteiger partial charge in [0.25, 0.3) is 5.09 Å². The molecule has 1 atom stereocenters. The molecule has 0 saturated heterocycles. The van der Waals surface area contributed by atoms with Crippen LogP contribution in [0.15, 0.2) is 0 Å². The van der Waals surface area contributed by atoms with Gasteiger partial charge in [0.2, 0.25) is 0 Å². The molecule has 102 valence electrons. The molecule has 0 aliphatic rings. The summed E-state index contributed by atoms with van der Waals surface area (Å²) in [6, 6.07) is 0. The molecule has 0 aromatic rings. The average Bonchev–Trinajstić information content (AvgIpc) is 2.10. The lowest BCUT2D eigenvalue weighted by molar-refractivity contribution is -0.759. The zero-order valence-electron chi connectivity index (χ0n) is 11.2. The van der Waals surface area contributed by atoms with E-state index in [-0.39, 0.29) is 18.4 Å². The Kier molecular flexibility index (Phi) is 5.84. The summed E-state index contributed by atoms with van der Waals surface area (Å²) in [6.45, 7) is 10.1. The van der Waals surface area contributed by atoms with E-state index in [1.807, 2.05) is 13.8 Å². The first kappa shape index (κ1) is 16.1. The normalized spacial score (nSPS) is 14.5. The summed E-state index contributed by atoms with van der Waals surface area (Å²) < 4.78 is 5.69. The molecular formula is C11H23NO5. The van der Waals surface area contributed by atoms with E-state index in [4.69, 9.17) is 4.74 Å². The Labute approximate surface area is 102 Å².